The highest BCUT2D eigenvalue weighted by Gasteiger charge is 2.10. The lowest BCUT2D eigenvalue weighted by Gasteiger charge is -2.14. The van der Waals surface area contributed by atoms with Gasteiger partial charge in [0.1, 0.15) is 0 Å². The standard InChI is InChI=1S/C16H22N4O2S/c1-5-14-17-15(22-18-14)11-20(4)10-12-6-8-13(9-7-12)23-16(21)19(2)3/h6-9H,5,10-11H2,1-4H3. The van der Waals surface area contributed by atoms with E-state index in [9.17, 15) is 4.79 Å². The third-order valence-corrected chi connectivity index (χ3v) is 4.23. The molecule has 1 aromatic carbocycles. The maximum Gasteiger partial charge on any atom is 0.285 e. The zero-order valence-corrected chi connectivity index (χ0v) is 14.8. The van der Waals surface area contributed by atoms with Gasteiger partial charge >= 0.3 is 0 Å². The third kappa shape index (κ3) is 5.37. The van der Waals surface area contributed by atoms with Crippen molar-refractivity contribution < 1.29 is 9.32 Å². The van der Waals surface area contributed by atoms with E-state index in [0.717, 1.165) is 23.7 Å². The minimum absolute atomic E-state index is 0.0259. The molecule has 6 nitrogen and oxygen atoms in total. The van der Waals surface area contributed by atoms with Crippen LogP contribution in [0.4, 0.5) is 4.79 Å². The molecule has 0 aliphatic heterocycles. The number of benzene rings is 1. The predicted octanol–water partition coefficient (Wildman–Crippen LogP) is 3.04. The Kier molecular flexibility index (Phi) is 6.18. The Morgan fingerprint density at radius 1 is 1.17 bits per heavy atom. The van der Waals surface area contributed by atoms with Crippen LogP contribution in [0.25, 0.3) is 0 Å². The van der Waals surface area contributed by atoms with E-state index in [1.165, 1.54) is 17.3 Å². The van der Waals surface area contributed by atoms with Crippen LogP contribution in [0.15, 0.2) is 33.7 Å². The van der Waals surface area contributed by atoms with Gasteiger partial charge in [-0.05, 0) is 36.5 Å². The van der Waals surface area contributed by atoms with Crippen LogP contribution in [0.2, 0.25) is 0 Å². The van der Waals surface area contributed by atoms with Gasteiger partial charge in [0.25, 0.3) is 5.24 Å². The van der Waals surface area contributed by atoms with Gasteiger partial charge in [-0.2, -0.15) is 4.98 Å². The van der Waals surface area contributed by atoms with E-state index in [-0.39, 0.29) is 5.24 Å². The Morgan fingerprint density at radius 3 is 2.43 bits per heavy atom. The van der Waals surface area contributed by atoms with Crippen molar-refractivity contribution in [1.82, 2.24) is 19.9 Å². The number of hydrogen-bond donors (Lipinski definition) is 0. The number of nitrogens with zero attached hydrogens (tertiary/aromatic N) is 4. The average Bonchev–Trinajstić information content (AvgIpc) is 2.96. The summed E-state index contributed by atoms with van der Waals surface area (Å²) >= 11 is 1.23. The number of hydrogen-bond acceptors (Lipinski definition) is 6. The monoisotopic (exact) mass is 334 g/mol. The van der Waals surface area contributed by atoms with Crippen molar-refractivity contribution in [3.63, 3.8) is 0 Å². The molecule has 0 saturated carbocycles. The Labute approximate surface area is 140 Å². The largest absolute Gasteiger partial charge is 0.339 e. The number of thioether (sulfide) groups is 1. The highest BCUT2D eigenvalue weighted by atomic mass is 32.2. The van der Waals surface area contributed by atoms with E-state index in [1.54, 1.807) is 19.0 Å². The summed E-state index contributed by atoms with van der Waals surface area (Å²) in [4.78, 5) is 20.6. The van der Waals surface area contributed by atoms with Crippen LogP contribution in [0.1, 0.15) is 24.2 Å². The van der Waals surface area contributed by atoms with E-state index in [1.807, 2.05) is 38.2 Å². The van der Waals surface area contributed by atoms with Crippen molar-refractivity contribution in [2.45, 2.75) is 31.3 Å². The molecule has 0 spiro atoms. The minimum Gasteiger partial charge on any atom is -0.339 e. The maximum absolute atomic E-state index is 11.7. The number of aryl methyl sites for hydroxylation is 1. The summed E-state index contributed by atoms with van der Waals surface area (Å²) in [5.41, 5.74) is 1.17. The molecule has 2 rings (SSSR count). The SMILES string of the molecule is CCc1noc(CN(C)Cc2ccc(SC(=O)N(C)C)cc2)n1. The molecule has 2 aromatic rings. The zero-order valence-electron chi connectivity index (χ0n) is 13.9. The fraction of sp³-hybridized carbons (Fsp3) is 0.438. The lowest BCUT2D eigenvalue weighted by atomic mass is 10.2. The Bertz CT molecular complexity index is 640. The zero-order chi connectivity index (χ0) is 16.8. The minimum atomic E-state index is 0.0259. The molecular weight excluding hydrogens is 312 g/mol. The van der Waals surface area contributed by atoms with E-state index < -0.39 is 0 Å². The van der Waals surface area contributed by atoms with Crippen molar-refractivity contribution in [2.75, 3.05) is 21.1 Å². The molecule has 0 atom stereocenters. The summed E-state index contributed by atoms with van der Waals surface area (Å²) in [6.45, 7) is 3.39. The van der Waals surface area contributed by atoms with Crippen molar-refractivity contribution in [1.29, 1.82) is 0 Å². The fourth-order valence-electron chi connectivity index (χ4n) is 1.95. The highest BCUT2D eigenvalue weighted by Crippen LogP contribution is 2.21. The number of carbonyl (C=O) groups excluding carboxylic acids is 1. The van der Waals surface area contributed by atoms with Gasteiger partial charge in [0.15, 0.2) is 5.82 Å². The van der Waals surface area contributed by atoms with E-state index in [2.05, 4.69) is 15.0 Å². The molecule has 0 aliphatic carbocycles. The maximum atomic E-state index is 11.7. The highest BCUT2D eigenvalue weighted by molar-refractivity contribution is 8.13. The van der Waals surface area contributed by atoms with Crippen molar-refractivity contribution in [2.24, 2.45) is 0 Å². The summed E-state index contributed by atoms with van der Waals surface area (Å²) in [5.74, 6) is 1.37. The molecule has 0 unspecified atom stereocenters. The first-order valence-corrected chi connectivity index (χ1v) is 8.27. The smallest absolute Gasteiger partial charge is 0.285 e. The van der Waals surface area contributed by atoms with Crippen LogP contribution >= 0.6 is 11.8 Å². The van der Waals surface area contributed by atoms with Crippen LogP contribution in [-0.2, 0) is 19.5 Å². The molecule has 7 heteroatoms. The van der Waals surface area contributed by atoms with Crippen molar-refractivity contribution >= 4 is 17.0 Å². The van der Waals surface area contributed by atoms with Crippen LogP contribution in [0, 0.1) is 0 Å². The van der Waals surface area contributed by atoms with Gasteiger partial charge in [0.2, 0.25) is 5.89 Å². The average molecular weight is 334 g/mol. The van der Waals surface area contributed by atoms with Crippen molar-refractivity contribution in [3.05, 3.63) is 41.5 Å². The van der Waals surface area contributed by atoms with Gasteiger partial charge in [-0.1, -0.05) is 24.2 Å². The molecule has 0 radical (unpaired) electrons. The Morgan fingerprint density at radius 2 is 1.87 bits per heavy atom. The van der Waals surface area contributed by atoms with Gasteiger partial charge in [0, 0.05) is 32.0 Å². The van der Waals surface area contributed by atoms with Crippen molar-refractivity contribution in [3.8, 4) is 0 Å². The quantitative estimate of drug-likeness (QED) is 0.757. The molecule has 0 aliphatic rings. The van der Waals surface area contributed by atoms with Gasteiger partial charge in [-0.25, -0.2) is 0 Å². The molecule has 0 fully saturated rings. The van der Waals surface area contributed by atoms with Crippen LogP contribution in [0.3, 0.4) is 0 Å². The third-order valence-electron chi connectivity index (χ3n) is 3.18. The summed E-state index contributed by atoms with van der Waals surface area (Å²) < 4.78 is 5.20. The molecule has 1 heterocycles. The second kappa shape index (κ2) is 8.12. The number of amides is 1. The summed E-state index contributed by atoms with van der Waals surface area (Å²) in [6, 6.07) is 8.01. The van der Waals surface area contributed by atoms with E-state index in [4.69, 9.17) is 4.52 Å². The molecule has 124 valence electrons. The normalized spacial score (nSPS) is 11.0. The first-order valence-electron chi connectivity index (χ1n) is 7.46. The molecular formula is C16H22N4O2S. The van der Waals surface area contributed by atoms with Gasteiger partial charge in [-0.3, -0.25) is 9.69 Å². The second-order valence-electron chi connectivity index (χ2n) is 5.54. The summed E-state index contributed by atoms with van der Waals surface area (Å²) in [5, 5.41) is 3.92. The molecule has 0 N–H and O–H groups in total. The number of carbonyl (C=O) groups is 1. The molecule has 1 amide bonds. The first-order chi connectivity index (χ1) is 11.0. The number of rotatable bonds is 6. The fourth-order valence-corrected chi connectivity index (χ4v) is 2.61. The summed E-state index contributed by atoms with van der Waals surface area (Å²) in [6.07, 6.45) is 0.776. The molecule has 0 bridgehead atoms. The Hall–Kier alpha value is -1.86. The molecule has 1 aromatic heterocycles. The van der Waals surface area contributed by atoms with Gasteiger partial charge in [0.05, 0.1) is 6.54 Å². The molecule has 23 heavy (non-hydrogen) atoms. The van der Waals surface area contributed by atoms with Crippen LogP contribution in [0.5, 0.6) is 0 Å². The van der Waals surface area contributed by atoms with Crippen LogP contribution < -0.4 is 0 Å². The number of aromatic nitrogens is 2. The Balaban J connectivity index is 1.88. The first kappa shape index (κ1) is 17.5. The second-order valence-corrected chi connectivity index (χ2v) is 6.56. The van der Waals surface area contributed by atoms with E-state index >= 15 is 0 Å². The topological polar surface area (TPSA) is 62.5 Å². The lowest BCUT2D eigenvalue weighted by Crippen LogP contribution is -2.17. The van der Waals surface area contributed by atoms with Gasteiger partial charge in [-0.15, -0.1) is 0 Å². The van der Waals surface area contributed by atoms with Crippen LogP contribution in [-0.4, -0.2) is 46.3 Å². The summed E-state index contributed by atoms with van der Waals surface area (Å²) in [7, 11) is 5.51. The predicted molar refractivity (Wildman–Crippen MR) is 90.2 cm³/mol. The van der Waals surface area contributed by atoms with E-state index in [0.29, 0.717) is 12.4 Å². The molecule has 0 saturated heterocycles. The lowest BCUT2D eigenvalue weighted by molar-refractivity contribution is 0.241. The van der Waals surface area contributed by atoms with Gasteiger partial charge < -0.3 is 9.42 Å².